The summed E-state index contributed by atoms with van der Waals surface area (Å²) in [5, 5.41) is 14.9. The van der Waals surface area contributed by atoms with Crippen LogP contribution < -0.4 is 27.0 Å². The maximum Gasteiger partial charge on any atom is 0.312 e. The fourth-order valence-corrected chi connectivity index (χ4v) is 12.9. The van der Waals surface area contributed by atoms with Crippen molar-refractivity contribution in [1.29, 1.82) is 0 Å². The first kappa shape index (κ1) is 79.6. The van der Waals surface area contributed by atoms with Crippen molar-refractivity contribution in [1.82, 2.24) is 40.9 Å². The minimum absolute atomic E-state index is 0. The number of ketones is 3. The van der Waals surface area contributed by atoms with Gasteiger partial charge in [-0.05, 0) is 99.4 Å². The number of nitrogens with two attached hydrogens (primary N) is 1. The number of amides is 8. The van der Waals surface area contributed by atoms with Gasteiger partial charge in [-0.3, -0.25) is 48.1 Å². The highest BCUT2D eigenvalue weighted by molar-refractivity contribution is 5.94. The average Bonchev–Trinajstić information content (AvgIpc) is 1.46. The highest BCUT2D eigenvalue weighted by Crippen LogP contribution is 2.32. The van der Waals surface area contributed by atoms with Gasteiger partial charge in [-0.25, -0.2) is 4.79 Å². The lowest BCUT2D eigenvalue weighted by Gasteiger charge is -2.41. The van der Waals surface area contributed by atoms with E-state index in [2.05, 4.69) is 31.3 Å². The number of urea groups is 1. The number of Topliss-reactive ketones (excluding diaryl/α,β-unsaturated/α-hetero) is 3. The van der Waals surface area contributed by atoms with E-state index in [1.165, 1.54) is 7.11 Å². The molecule has 2 aliphatic heterocycles. The lowest BCUT2D eigenvalue weighted by Crippen LogP contribution is -2.54. The fraction of sp³-hybridized carbons (Fsp3) is 0.758. The standard InChI is InChI=1S/C65H108N12O12.CH4/c1-16-42(8)59(75(13)64(86)50(40(4)5)36-54(80)58(41(6)7)74(11)12)55(88-14)37-57(82)77-30-18-20-52(77)60(89-15)43(9)61(83)71-47(38-70-73-67)33-44-21-23-45(24-22-44)34-53(79)51(19-17-29-69-65(66)87)72-63(85)49(39(2)3)35-48(78)25-26-56(81)76-31-27-46(28-32-76)62(84)68-10;/h21-24,39-43,46-47,49-52,55,58-60H,16-20,25-38H2,1-15H3,(H,68,84)(H,71,83)(H,72,85)(H3,66,69,87);1H4/t42-,43+,47-,49-,50-,51-,52-,55+,58-,59?,60+;/m0./s1. The van der Waals surface area contributed by atoms with E-state index in [-0.39, 0.29) is 154 Å². The second-order valence-corrected chi connectivity index (χ2v) is 25.9. The third kappa shape index (κ3) is 24.3. The maximum absolute atomic E-state index is 14.6. The van der Waals surface area contributed by atoms with Crippen molar-refractivity contribution in [2.75, 3.05) is 75.1 Å². The van der Waals surface area contributed by atoms with Gasteiger partial charge in [0, 0.05) is 122 Å². The monoisotopic (exact) mass is 1260 g/mol. The van der Waals surface area contributed by atoms with Crippen LogP contribution in [-0.4, -0.2) is 196 Å². The number of primary amides is 1. The first-order chi connectivity index (χ1) is 42.0. The molecule has 2 heterocycles. The Labute approximate surface area is 536 Å². The molecule has 3 rings (SSSR count). The van der Waals surface area contributed by atoms with Crippen LogP contribution in [-0.2, 0) is 65.5 Å². The predicted octanol–water partition coefficient (Wildman–Crippen LogP) is 6.44. The van der Waals surface area contributed by atoms with Crippen molar-refractivity contribution in [3.8, 4) is 0 Å². The Balaban J connectivity index is 0.0000276. The summed E-state index contributed by atoms with van der Waals surface area (Å²) in [5.74, 6) is -4.73. The van der Waals surface area contributed by atoms with E-state index in [1.807, 2.05) is 74.4 Å². The molecule has 2 aliphatic rings. The zero-order valence-corrected chi connectivity index (χ0v) is 56.0. The minimum atomic E-state index is -0.976. The summed E-state index contributed by atoms with van der Waals surface area (Å²) < 4.78 is 12.2. The molecule has 0 radical (unpaired) electrons. The number of likely N-dealkylation sites (tertiary alicyclic amines) is 2. The molecule has 1 aromatic rings. The third-order valence-electron chi connectivity index (χ3n) is 18.3. The van der Waals surface area contributed by atoms with Crippen LogP contribution >= 0.6 is 0 Å². The quantitative estimate of drug-likeness (QED) is 0.0205. The lowest BCUT2D eigenvalue weighted by molar-refractivity contribution is -0.149. The number of nitrogens with zero attached hydrogens (tertiary/aromatic N) is 7. The van der Waals surface area contributed by atoms with Gasteiger partial charge in [-0.2, -0.15) is 0 Å². The van der Waals surface area contributed by atoms with Crippen molar-refractivity contribution < 1.29 is 57.4 Å². The molecule has 508 valence electrons. The van der Waals surface area contributed by atoms with Crippen molar-refractivity contribution in [3.05, 3.63) is 45.8 Å². The number of carbonyl (C=O) groups excluding carboxylic acids is 10. The summed E-state index contributed by atoms with van der Waals surface area (Å²) in [6.45, 7) is 18.7. The van der Waals surface area contributed by atoms with E-state index >= 15 is 0 Å². The Hall–Kier alpha value is -6.49. The van der Waals surface area contributed by atoms with Gasteiger partial charge in [0.2, 0.25) is 35.4 Å². The van der Waals surface area contributed by atoms with E-state index in [0.717, 1.165) is 5.56 Å². The second kappa shape index (κ2) is 39.7. The number of ether oxygens (including phenoxy) is 2. The van der Waals surface area contributed by atoms with E-state index in [1.54, 1.807) is 67.1 Å². The average molecular weight is 1270 g/mol. The normalized spacial score (nSPS) is 17.7. The number of benzene rings is 1. The zero-order chi connectivity index (χ0) is 66.8. The molecular formula is C66H112N12O12. The van der Waals surface area contributed by atoms with E-state index in [0.29, 0.717) is 63.7 Å². The van der Waals surface area contributed by atoms with Crippen LogP contribution in [0.4, 0.5) is 4.79 Å². The Morgan fingerprint density at radius 1 is 0.767 bits per heavy atom. The van der Waals surface area contributed by atoms with Crippen molar-refractivity contribution in [2.24, 2.45) is 58.2 Å². The first-order valence-electron chi connectivity index (χ1n) is 32.1. The number of methoxy groups -OCH3 is 2. The van der Waals surface area contributed by atoms with E-state index in [9.17, 15) is 53.5 Å². The Morgan fingerprint density at radius 3 is 1.92 bits per heavy atom. The summed E-state index contributed by atoms with van der Waals surface area (Å²) in [4.78, 5) is 145. The van der Waals surface area contributed by atoms with Gasteiger partial charge in [0.1, 0.15) is 5.78 Å². The molecule has 2 saturated heterocycles. The number of nitrogens with one attached hydrogen (secondary N) is 4. The summed E-state index contributed by atoms with van der Waals surface area (Å²) in [7, 11) is 10.1. The van der Waals surface area contributed by atoms with E-state index < -0.39 is 66.1 Å². The molecule has 24 nitrogen and oxygen atoms in total. The number of piperidine rings is 1. The molecule has 0 aliphatic carbocycles. The summed E-state index contributed by atoms with van der Waals surface area (Å²) >= 11 is 0. The van der Waals surface area contributed by atoms with Crippen molar-refractivity contribution in [2.45, 2.75) is 202 Å². The van der Waals surface area contributed by atoms with Crippen LogP contribution in [0.15, 0.2) is 29.4 Å². The van der Waals surface area contributed by atoms with Gasteiger partial charge in [-0.1, -0.05) is 106 Å². The Bertz CT molecular complexity index is 2540. The topological polar surface area (TPSA) is 325 Å². The number of hydrogen-bond acceptors (Lipinski definition) is 14. The number of azide groups is 1. The van der Waals surface area contributed by atoms with Gasteiger partial charge in [0.15, 0.2) is 11.6 Å². The summed E-state index contributed by atoms with van der Waals surface area (Å²) in [6, 6.07) is 3.47. The molecule has 1 aromatic carbocycles. The molecule has 90 heavy (non-hydrogen) atoms. The fourth-order valence-electron chi connectivity index (χ4n) is 12.9. The zero-order valence-electron chi connectivity index (χ0n) is 56.0. The molecular weight excluding hydrogens is 1150 g/mol. The Morgan fingerprint density at radius 2 is 1.39 bits per heavy atom. The van der Waals surface area contributed by atoms with Crippen molar-refractivity contribution in [3.63, 3.8) is 0 Å². The number of hydrogen-bond donors (Lipinski definition) is 5. The SMILES string of the molecule is C.CC[C@H](C)C([C@@H](CC(=O)N1CCC[C@H]1[C@H](OC)[C@@H](C)C(=O)N[C@H](CN=[N+]=[N-])Cc1ccc(CC(=O)[C@H](CCCNC(N)=O)NC(=O)[C@@H](CC(=O)CCC(=O)N2CCC(C(=O)NC)CC2)C(C)C)cc1)OC)N(C)C(=O)[C@@H](CC(=O)[C@H](C(C)C)N(C)C)C(C)C. The van der Waals surface area contributed by atoms with Gasteiger partial charge in [0.05, 0.1) is 48.7 Å². The molecule has 0 saturated carbocycles. The number of rotatable bonds is 39. The molecule has 0 bridgehead atoms. The van der Waals surface area contributed by atoms with Crippen molar-refractivity contribution >= 4 is 58.8 Å². The molecule has 11 atom stereocenters. The van der Waals surface area contributed by atoms with Gasteiger partial charge in [-0.15, -0.1) is 0 Å². The molecule has 6 N–H and O–H groups in total. The summed E-state index contributed by atoms with van der Waals surface area (Å²) in [6.07, 6.45) is 2.14. The molecule has 2 fully saturated rings. The predicted molar refractivity (Wildman–Crippen MR) is 347 cm³/mol. The lowest BCUT2D eigenvalue weighted by atomic mass is 9.83. The third-order valence-corrected chi connectivity index (χ3v) is 18.3. The van der Waals surface area contributed by atoms with Crippen LogP contribution in [0.2, 0.25) is 0 Å². The van der Waals surface area contributed by atoms with Crippen LogP contribution in [0.3, 0.4) is 0 Å². The van der Waals surface area contributed by atoms with Gasteiger partial charge in [0.25, 0.3) is 0 Å². The highest BCUT2D eigenvalue weighted by Gasteiger charge is 2.44. The minimum Gasteiger partial charge on any atom is -0.379 e. The van der Waals surface area contributed by atoms with Crippen LogP contribution in [0, 0.1) is 47.3 Å². The largest absolute Gasteiger partial charge is 0.379 e. The molecule has 24 heteroatoms. The van der Waals surface area contributed by atoms with Crippen LogP contribution in [0.25, 0.3) is 10.4 Å². The smallest absolute Gasteiger partial charge is 0.312 e. The summed E-state index contributed by atoms with van der Waals surface area (Å²) in [5.41, 5.74) is 16.0. The highest BCUT2D eigenvalue weighted by atomic mass is 16.5. The number of carbonyl (C=O) groups is 10. The maximum atomic E-state index is 14.6. The van der Waals surface area contributed by atoms with Gasteiger partial charge < -0.3 is 51.2 Å². The first-order valence-corrected chi connectivity index (χ1v) is 32.1. The molecule has 8 amide bonds. The second-order valence-electron chi connectivity index (χ2n) is 25.9. The van der Waals surface area contributed by atoms with Crippen LogP contribution in [0.5, 0.6) is 0 Å². The molecule has 0 spiro atoms. The molecule has 1 unspecified atom stereocenters. The van der Waals surface area contributed by atoms with Gasteiger partial charge >= 0.3 is 6.03 Å². The van der Waals surface area contributed by atoms with E-state index in [4.69, 9.17) is 15.2 Å². The number of likely N-dealkylation sites (N-methyl/N-ethyl adjacent to an activating group) is 2. The van der Waals surface area contributed by atoms with Crippen LogP contribution in [0.1, 0.15) is 158 Å². The Kier molecular flexibility index (Phi) is 35.1. The molecule has 0 aromatic heterocycles.